The second-order valence-corrected chi connectivity index (χ2v) is 6.89. The summed E-state index contributed by atoms with van der Waals surface area (Å²) in [5.74, 6) is 1.89. The number of fused-ring (bicyclic) bond motifs is 1. The molecule has 2 aliphatic rings. The lowest BCUT2D eigenvalue weighted by atomic mass is 9.98. The van der Waals surface area contributed by atoms with Crippen molar-refractivity contribution in [2.75, 3.05) is 38.8 Å². The van der Waals surface area contributed by atoms with Gasteiger partial charge in [-0.05, 0) is 42.2 Å². The monoisotopic (exact) mass is 352 g/mol. The highest BCUT2D eigenvalue weighted by Crippen LogP contribution is 2.35. The molecule has 1 fully saturated rings. The van der Waals surface area contributed by atoms with Crippen LogP contribution in [0.15, 0.2) is 42.5 Å². The van der Waals surface area contributed by atoms with E-state index in [1.54, 1.807) is 14.2 Å². The van der Waals surface area contributed by atoms with Gasteiger partial charge < -0.3 is 14.4 Å². The number of anilines is 1. The van der Waals surface area contributed by atoms with Crippen LogP contribution in [0.3, 0.4) is 0 Å². The molecule has 0 aliphatic carbocycles. The zero-order valence-electron chi connectivity index (χ0n) is 15.3. The molecule has 1 atom stereocenters. The second-order valence-electron chi connectivity index (χ2n) is 6.89. The van der Waals surface area contributed by atoms with Gasteiger partial charge in [0.1, 0.15) is 11.5 Å². The van der Waals surface area contributed by atoms with Gasteiger partial charge in [-0.3, -0.25) is 4.90 Å². The van der Waals surface area contributed by atoms with E-state index in [1.165, 1.54) is 11.1 Å². The Labute approximate surface area is 154 Å². The third-order valence-electron chi connectivity index (χ3n) is 5.42. The van der Waals surface area contributed by atoms with Crippen molar-refractivity contribution in [3.8, 4) is 11.5 Å². The minimum absolute atomic E-state index is 0.118. The van der Waals surface area contributed by atoms with Crippen LogP contribution in [0.5, 0.6) is 11.5 Å². The van der Waals surface area contributed by atoms with Gasteiger partial charge in [0.2, 0.25) is 0 Å². The Morgan fingerprint density at radius 1 is 1.04 bits per heavy atom. The molecule has 26 heavy (non-hydrogen) atoms. The Hall–Kier alpha value is -2.69. The van der Waals surface area contributed by atoms with Crippen molar-refractivity contribution in [2.45, 2.75) is 18.8 Å². The first-order valence-electron chi connectivity index (χ1n) is 9.07. The molecular formula is C21H24N2O3. The summed E-state index contributed by atoms with van der Waals surface area (Å²) in [6, 6.07) is 14.3. The first-order chi connectivity index (χ1) is 12.7. The normalized spacial score (nSPS) is 18.8. The average Bonchev–Trinajstić information content (AvgIpc) is 3.34. The maximum absolute atomic E-state index is 13.0. The molecule has 0 aromatic heterocycles. The zero-order valence-corrected chi connectivity index (χ0v) is 15.3. The number of carbonyl (C=O) groups is 1. The maximum atomic E-state index is 13.0. The molecule has 4 rings (SSSR count). The van der Waals surface area contributed by atoms with Crippen molar-refractivity contribution in [3.63, 3.8) is 0 Å². The molecule has 136 valence electrons. The summed E-state index contributed by atoms with van der Waals surface area (Å²) in [7, 11) is 3.32. The summed E-state index contributed by atoms with van der Waals surface area (Å²) >= 11 is 0. The summed E-state index contributed by atoms with van der Waals surface area (Å²) in [4.78, 5) is 16.9. The second kappa shape index (κ2) is 6.90. The molecule has 5 heteroatoms. The number of para-hydroxylation sites is 1. The molecule has 5 nitrogen and oxygen atoms in total. The largest absolute Gasteiger partial charge is 0.497 e. The number of carbonyl (C=O) groups excluding carboxylic acids is 1. The van der Waals surface area contributed by atoms with Crippen molar-refractivity contribution in [1.82, 2.24) is 4.90 Å². The predicted octanol–water partition coefficient (Wildman–Crippen LogP) is 3.68. The number of benzene rings is 2. The van der Waals surface area contributed by atoms with Crippen molar-refractivity contribution < 1.29 is 14.3 Å². The fraction of sp³-hybridized carbons (Fsp3) is 0.381. The molecule has 2 heterocycles. The number of likely N-dealkylation sites (tertiary alicyclic amines) is 1. The molecule has 0 bridgehead atoms. The van der Waals surface area contributed by atoms with Crippen LogP contribution in [0, 0.1) is 0 Å². The van der Waals surface area contributed by atoms with Crippen molar-refractivity contribution >= 4 is 11.7 Å². The van der Waals surface area contributed by atoms with Gasteiger partial charge in [0.05, 0.1) is 14.2 Å². The standard InChI is InChI=1S/C21H24N2O3/c1-25-18-11-17(12-19(13-18)26-2)16-7-9-22(14-16)21(24)23-10-8-15-5-3-4-6-20(15)23/h3-6,11-13,16H,7-10,14H2,1-2H3. The van der Waals surface area contributed by atoms with Gasteiger partial charge in [0, 0.05) is 37.3 Å². The van der Waals surface area contributed by atoms with E-state index in [4.69, 9.17) is 9.47 Å². The van der Waals surface area contributed by atoms with E-state index in [9.17, 15) is 4.79 Å². The minimum Gasteiger partial charge on any atom is -0.497 e. The molecule has 2 amide bonds. The van der Waals surface area contributed by atoms with Crippen LogP contribution in [0.25, 0.3) is 0 Å². The molecular weight excluding hydrogens is 328 g/mol. The SMILES string of the molecule is COc1cc(OC)cc(C2CCN(C(=O)N3CCc4ccccc43)C2)c1. The van der Waals surface area contributed by atoms with Crippen molar-refractivity contribution in [2.24, 2.45) is 0 Å². The van der Waals surface area contributed by atoms with Crippen LogP contribution in [-0.2, 0) is 6.42 Å². The predicted molar refractivity (Wildman–Crippen MR) is 101 cm³/mol. The van der Waals surface area contributed by atoms with Crippen LogP contribution < -0.4 is 14.4 Å². The van der Waals surface area contributed by atoms with E-state index in [2.05, 4.69) is 6.07 Å². The third kappa shape index (κ3) is 2.98. The van der Waals surface area contributed by atoms with E-state index in [0.717, 1.165) is 49.7 Å². The Bertz CT molecular complexity index is 798. The lowest BCUT2D eigenvalue weighted by Crippen LogP contribution is -2.41. The fourth-order valence-electron chi connectivity index (χ4n) is 3.98. The van der Waals surface area contributed by atoms with Crippen LogP contribution in [0.1, 0.15) is 23.5 Å². The maximum Gasteiger partial charge on any atom is 0.324 e. The van der Waals surface area contributed by atoms with Crippen molar-refractivity contribution in [3.05, 3.63) is 53.6 Å². The molecule has 2 aromatic rings. The lowest BCUT2D eigenvalue weighted by Gasteiger charge is -2.25. The minimum atomic E-state index is 0.118. The number of urea groups is 1. The van der Waals surface area contributed by atoms with Gasteiger partial charge in [-0.25, -0.2) is 4.79 Å². The Morgan fingerprint density at radius 3 is 2.50 bits per heavy atom. The Morgan fingerprint density at radius 2 is 1.77 bits per heavy atom. The van der Waals surface area contributed by atoms with Crippen LogP contribution in [0.2, 0.25) is 0 Å². The molecule has 0 radical (unpaired) electrons. The molecule has 1 saturated heterocycles. The summed E-state index contributed by atoms with van der Waals surface area (Å²) in [6.45, 7) is 2.28. The zero-order chi connectivity index (χ0) is 18.1. The number of methoxy groups -OCH3 is 2. The van der Waals surface area contributed by atoms with Crippen LogP contribution in [-0.4, -0.2) is 44.8 Å². The Balaban J connectivity index is 1.50. The van der Waals surface area contributed by atoms with Gasteiger partial charge >= 0.3 is 6.03 Å². The molecule has 0 saturated carbocycles. The first-order valence-corrected chi connectivity index (χ1v) is 9.07. The number of hydrogen-bond acceptors (Lipinski definition) is 3. The van der Waals surface area contributed by atoms with Gasteiger partial charge in [-0.1, -0.05) is 18.2 Å². The summed E-state index contributed by atoms with van der Waals surface area (Å²) in [5.41, 5.74) is 3.48. The Kier molecular flexibility index (Phi) is 4.45. The van der Waals surface area contributed by atoms with Gasteiger partial charge in [0.15, 0.2) is 0 Å². The van der Waals surface area contributed by atoms with E-state index in [1.807, 2.05) is 46.2 Å². The number of hydrogen-bond donors (Lipinski definition) is 0. The van der Waals surface area contributed by atoms with Crippen molar-refractivity contribution in [1.29, 1.82) is 0 Å². The van der Waals surface area contributed by atoms with E-state index in [0.29, 0.717) is 5.92 Å². The molecule has 0 N–H and O–H groups in total. The number of ether oxygens (including phenoxy) is 2. The van der Waals surface area contributed by atoms with Crippen LogP contribution >= 0.6 is 0 Å². The van der Waals surface area contributed by atoms with E-state index in [-0.39, 0.29) is 6.03 Å². The summed E-state index contributed by atoms with van der Waals surface area (Å²) < 4.78 is 10.8. The fourth-order valence-corrected chi connectivity index (χ4v) is 3.98. The highest BCUT2D eigenvalue weighted by atomic mass is 16.5. The quantitative estimate of drug-likeness (QED) is 0.846. The smallest absolute Gasteiger partial charge is 0.324 e. The topological polar surface area (TPSA) is 42.0 Å². The summed E-state index contributed by atoms with van der Waals surface area (Å²) in [5, 5.41) is 0. The number of amides is 2. The number of rotatable bonds is 3. The molecule has 2 aromatic carbocycles. The molecule has 1 unspecified atom stereocenters. The third-order valence-corrected chi connectivity index (χ3v) is 5.42. The highest BCUT2D eigenvalue weighted by Gasteiger charge is 2.33. The number of nitrogens with zero attached hydrogens (tertiary/aromatic N) is 2. The molecule has 0 spiro atoms. The van der Waals surface area contributed by atoms with Gasteiger partial charge in [-0.2, -0.15) is 0 Å². The summed E-state index contributed by atoms with van der Waals surface area (Å²) in [6.07, 6.45) is 1.89. The van der Waals surface area contributed by atoms with E-state index < -0.39 is 0 Å². The van der Waals surface area contributed by atoms with Gasteiger partial charge in [0.25, 0.3) is 0 Å². The van der Waals surface area contributed by atoms with Gasteiger partial charge in [-0.15, -0.1) is 0 Å². The average molecular weight is 352 g/mol. The first kappa shape index (κ1) is 16.8. The highest BCUT2D eigenvalue weighted by molar-refractivity contribution is 5.94. The lowest BCUT2D eigenvalue weighted by molar-refractivity contribution is 0.215. The molecule has 2 aliphatic heterocycles. The van der Waals surface area contributed by atoms with Crippen LogP contribution in [0.4, 0.5) is 10.5 Å². The van der Waals surface area contributed by atoms with E-state index >= 15 is 0 Å².